The van der Waals surface area contributed by atoms with Crippen molar-refractivity contribution in [2.45, 2.75) is 52.3 Å². The Labute approximate surface area is 202 Å². The van der Waals surface area contributed by atoms with E-state index in [0.717, 1.165) is 38.3 Å². The number of rotatable bonds is 5. The number of amides is 2. The summed E-state index contributed by atoms with van der Waals surface area (Å²) in [5, 5.41) is 2.98. The van der Waals surface area contributed by atoms with Crippen LogP contribution in [-0.4, -0.2) is 92.0 Å². The van der Waals surface area contributed by atoms with E-state index in [1.807, 2.05) is 45.0 Å². The second-order valence-corrected chi connectivity index (χ2v) is 11.0. The first kappa shape index (κ1) is 24.7. The molecule has 3 saturated heterocycles. The molecule has 4 rings (SSSR count). The summed E-state index contributed by atoms with van der Waals surface area (Å²) < 4.78 is 5.72. The molecule has 4 atom stereocenters. The molecule has 0 radical (unpaired) electrons. The van der Waals surface area contributed by atoms with Gasteiger partial charge in [0.25, 0.3) is 5.91 Å². The van der Waals surface area contributed by atoms with Gasteiger partial charge in [-0.25, -0.2) is 0 Å². The van der Waals surface area contributed by atoms with Crippen LogP contribution in [0.15, 0.2) is 24.3 Å². The second-order valence-electron chi connectivity index (χ2n) is 11.0. The Kier molecular flexibility index (Phi) is 7.01. The predicted octanol–water partition coefficient (Wildman–Crippen LogP) is 1.79. The van der Waals surface area contributed by atoms with Gasteiger partial charge < -0.3 is 24.8 Å². The maximum Gasteiger partial charge on any atom is 0.251 e. The summed E-state index contributed by atoms with van der Waals surface area (Å²) in [7, 11) is 2.12. The number of carbonyl (C=O) groups is 3. The first-order valence-corrected chi connectivity index (χ1v) is 12.4. The van der Waals surface area contributed by atoms with Crippen molar-refractivity contribution in [1.29, 1.82) is 0 Å². The number of likely N-dealkylation sites (N-methyl/N-ethyl adjacent to an activating group) is 1. The van der Waals surface area contributed by atoms with Gasteiger partial charge in [-0.05, 0) is 43.1 Å². The fourth-order valence-electron chi connectivity index (χ4n) is 5.26. The first-order valence-electron chi connectivity index (χ1n) is 12.4. The van der Waals surface area contributed by atoms with Gasteiger partial charge in [0, 0.05) is 49.9 Å². The number of hydrogen-bond donors (Lipinski definition) is 1. The summed E-state index contributed by atoms with van der Waals surface area (Å²) in [6, 6.07) is 6.30. The van der Waals surface area contributed by atoms with Crippen molar-refractivity contribution in [3.05, 3.63) is 29.8 Å². The molecule has 0 spiro atoms. The minimum absolute atomic E-state index is 0.0484. The third-order valence-corrected chi connectivity index (χ3v) is 7.48. The molecule has 8 nitrogen and oxygen atoms in total. The number of Topliss-reactive ketones (excluding diaryl/α,β-unsaturated/α-hetero) is 1. The lowest BCUT2D eigenvalue weighted by atomic mass is 9.85. The molecule has 0 unspecified atom stereocenters. The Hall–Kier alpha value is -2.45. The van der Waals surface area contributed by atoms with E-state index in [1.54, 1.807) is 4.90 Å². The molecule has 34 heavy (non-hydrogen) atoms. The van der Waals surface area contributed by atoms with E-state index in [0.29, 0.717) is 12.1 Å². The zero-order valence-electron chi connectivity index (χ0n) is 21.0. The molecule has 0 aliphatic carbocycles. The highest BCUT2D eigenvalue weighted by molar-refractivity contribution is 5.99. The number of piperazine rings is 1. The zero-order valence-corrected chi connectivity index (χ0v) is 21.0. The smallest absolute Gasteiger partial charge is 0.251 e. The molecule has 3 aliphatic heterocycles. The van der Waals surface area contributed by atoms with Crippen molar-refractivity contribution in [3.63, 3.8) is 0 Å². The van der Waals surface area contributed by atoms with Crippen molar-refractivity contribution >= 4 is 23.3 Å². The lowest BCUT2D eigenvalue weighted by molar-refractivity contribution is -0.140. The third-order valence-electron chi connectivity index (χ3n) is 7.48. The Morgan fingerprint density at radius 1 is 1.12 bits per heavy atom. The SMILES string of the molecule is CC[C@@H]1CN(C(=O)[C@@H](NC(=O)c2ccc(N3CCN(C)CC3)cc2)C(C)(C)C)[C@@H]2C(=O)CO[C@H]12. The number of fused-ring (bicyclic) bond motifs is 1. The van der Waals surface area contributed by atoms with Gasteiger partial charge in [0.05, 0.1) is 6.10 Å². The van der Waals surface area contributed by atoms with Crippen LogP contribution in [0, 0.1) is 11.3 Å². The molecule has 0 bridgehead atoms. The molecule has 3 heterocycles. The molecular formula is C26H38N4O4. The summed E-state index contributed by atoms with van der Waals surface area (Å²) in [5.74, 6) is -0.402. The first-order chi connectivity index (χ1) is 16.1. The van der Waals surface area contributed by atoms with E-state index in [1.165, 1.54) is 0 Å². The number of ether oxygens (including phenoxy) is 1. The summed E-state index contributed by atoms with van der Waals surface area (Å²) in [6.45, 7) is 12.4. The summed E-state index contributed by atoms with van der Waals surface area (Å²) in [6.07, 6.45) is 0.602. The molecule has 3 aliphatic rings. The quantitative estimate of drug-likeness (QED) is 0.707. The number of nitrogens with zero attached hydrogens (tertiary/aromatic N) is 3. The van der Waals surface area contributed by atoms with Crippen LogP contribution < -0.4 is 10.2 Å². The van der Waals surface area contributed by atoms with Crippen molar-refractivity contribution in [3.8, 4) is 0 Å². The third kappa shape index (κ3) is 4.84. The van der Waals surface area contributed by atoms with Crippen LogP contribution in [0.2, 0.25) is 0 Å². The Morgan fingerprint density at radius 3 is 2.35 bits per heavy atom. The van der Waals surface area contributed by atoms with E-state index < -0.39 is 17.5 Å². The van der Waals surface area contributed by atoms with Crippen LogP contribution in [-0.2, 0) is 14.3 Å². The fourth-order valence-corrected chi connectivity index (χ4v) is 5.26. The minimum Gasteiger partial charge on any atom is -0.369 e. The summed E-state index contributed by atoms with van der Waals surface area (Å²) >= 11 is 0. The average molecular weight is 471 g/mol. The number of likely N-dealkylation sites (tertiary alicyclic amines) is 1. The molecule has 1 N–H and O–H groups in total. The number of nitrogens with one attached hydrogen (secondary N) is 1. The van der Waals surface area contributed by atoms with Crippen LogP contribution >= 0.6 is 0 Å². The molecule has 0 aromatic heterocycles. The Morgan fingerprint density at radius 2 is 1.76 bits per heavy atom. The highest BCUT2D eigenvalue weighted by Gasteiger charge is 2.53. The van der Waals surface area contributed by atoms with E-state index >= 15 is 0 Å². The molecule has 3 fully saturated rings. The molecular weight excluding hydrogens is 432 g/mol. The molecule has 186 valence electrons. The van der Waals surface area contributed by atoms with Gasteiger partial charge >= 0.3 is 0 Å². The van der Waals surface area contributed by atoms with Gasteiger partial charge in [-0.15, -0.1) is 0 Å². The van der Waals surface area contributed by atoms with Gasteiger partial charge in [-0.1, -0.05) is 27.7 Å². The summed E-state index contributed by atoms with van der Waals surface area (Å²) in [5.41, 5.74) is 1.10. The van der Waals surface area contributed by atoms with Gasteiger partial charge in [0.1, 0.15) is 18.7 Å². The Bertz CT molecular complexity index is 918. The van der Waals surface area contributed by atoms with Crippen molar-refractivity contribution < 1.29 is 19.1 Å². The number of hydrogen-bond acceptors (Lipinski definition) is 6. The zero-order chi connectivity index (χ0) is 24.6. The molecule has 0 saturated carbocycles. The van der Waals surface area contributed by atoms with E-state index in [-0.39, 0.29) is 36.2 Å². The van der Waals surface area contributed by atoms with E-state index in [2.05, 4.69) is 29.1 Å². The highest BCUT2D eigenvalue weighted by atomic mass is 16.5. The van der Waals surface area contributed by atoms with Crippen molar-refractivity contribution in [1.82, 2.24) is 15.1 Å². The fraction of sp³-hybridized carbons (Fsp3) is 0.654. The van der Waals surface area contributed by atoms with Crippen molar-refractivity contribution in [2.24, 2.45) is 11.3 Å². The number of ketones is 1. The Balaban J connectivity index is 1.48. The predicted molar refractivity (Wildman–Crippen MR) is 131 cm³/mol. The molecule has 8 heteroatoms. The maximum absolute atomic E-state index is 13.7. The second kappa shape index (κ2) is 9.66. The molecule has 1 aromatic rings. The minimum atomic E-state index is -0.748. The van der Waals surface area contributed by atoms with Crippen LogP contribution in [0.3, 0.4) is 0 Å². The van der Waals surface area contributed by atoms with Crippen LogP contribution in [0.25, 0.3) is 0 Å². The normalized spacial score (nSPS) is 26.5. The maximum atomic E-state index is 13.7. The topological polar surface area (TPSA) is 82.2 Å². The standard InChI is InChI=1S/C26H38N4O4/c1-6-17-15-30(21-20(31)16-34-22(17)21)25(33)23(26(2,3)4)27-24(32)18-7-9-19(10-8-18)29-13-11-28(5)12-14-29/h7-10,17,21-23H,6,11-16H2,1-5H3,(H,27,32)/t17-,21-,22-,23-/m1/s1. The van der Waals surface area contributed by atoms with Crippen molar-refractivity contribution in [2.75, 3.05) is 51.3 Å². The lowest BCUT2D eigenvalue weighted by Gasteiger charge is -2.35. The molecule has 2 amide bonds. The number of carbonyl (C=O) groups excluding carboxylic acids is 3. The van der Waals surface area contributed by atoms with Gasteiger partial charge in [0.15, 0.2) is 5.78 Å². The number of anilines is 1. The van der Waals surface area contributed by atoms with Gasteiger partial charge in [-0.3, -0.25) is 14.4 Å². The molecule has 1 aromatic carbocycles. The van der Waals surface area contributed by atoms with Gasteiger partial charge in [0.2, 0.25) is 5.91 Å². The van der Waals surface area contributed by atoms with E-state index in [9.17, 15) is 14.4 Å². The van der Waals surface area contributed by atoms with Crippen LogP contribution in [0.1, 0.15) is 44.5 Å². The largest absolute Gasteiger partial charge is 0.369 e. The van der Waals surface area contributed by atoms with Gasteiger partial charge in [-0.2, -0.15) is 0 Å². The summed E-state index contributed by atoms with van der Waals surface area (Å²) in [4.78, 5) is 45.6. The van der Waals surface area contributed by atoms with E-state index in [4.69, 9.17) is 4.74 Å². The number of benzene rings is 1. The monoisotopic (exact) mass is 470 g/mol. The lowest BCUT2D eigenvalue weighted by Crippen LogP contribution is -2.57. The highest BCUT2D eigenvalue weighted by Crippen LogP contribution is 2.35. The van der Waals surface area contributed by atoms with Crippen LogP contribution in [0.4, 0.5) is 5.69 Å². The van der Waals surface area contributed by atoms with Crippen LogP contribution in [0.5, 0.6) is 0 Å². The average Bonchev–Trinajstić information content (AvgIpc) is 3.37.